The third kappa shape index (κ3) is 1.80. The van der Waals surface area contributed by atoms with Crippen molar-refractivity contribution in [2.45, 2.75) is 0 Å². The van der Waals surface area contributed by atoms with E-state index in [9.17, 15) is 9.18 Å². The molecule has 1 heterocycles. The van der Waals surface area contributed by atoms with E-state index in [1.165, 1.54) is 32.5 Å². The molecule has 0 unspecified atom stereocenters. The number of ether oxygens (including phenoxy) is 2. The van der Waals surface area contributed by atoms with Gasteiger partial charge in [-0.15, -0.1) is 0 Å². The van der Waals surface area contributed by atoms with E-state index in [1.807, 2.05) is 0 Å². The number of fused-ring (bicyclic) bond motifs is 1. The van der Waals surface area contributed by atoms with Crippen LogP contribution in [0.25, 0.3) is 10.9 Å². The van der Waals surface area contributed by atoms with Gasteiger partial charge < -0.3 is 9.47 Å². The van der Waals surface area contributed by atoms with Gasteiger partial charge in [-0.3, -0.25) is 4.98 Å². The second-order valence-corrected chi connectivity index (χ2v) is 3.33. The number of nitrogens with zero attached hydrogens (tertiary/aromatic N) is 1. The zero-order chi connectivity index (χ0) is 12.4. The van der Waals surface area contributed by atoms with Crippen LogP contribution < -0.4 is 4.74 Å². The number of esters is 1. The predicted octanol–water partition coefficient (Wildman–Crippen LogP) is 2.17. The number of rotatable bonds is 2. The fourth-order valence-electron chi connectivity index (χ4n) is 1.62. The predicted molar refractivity (Wildman–Crippen MR) is 59.6 cm³/mol. The van der Waals surface area contributed by atoms with Gasteiger partial charge in [-0.2, -0.15) is 0 Å². The maximum Gasteiger partial charge on any atom is 0.338 e. The fraction of sp³-hybridized carbons (Fsp3) is 0.167. The first kappa shape index (κ1) is 11.3. The maximum atomic E-state index is 14.1. The van der Waals surface area contributed by atoms with Crippen LogP contribution in [0.1, 0.15) is 10.4 Å². The summed E-state index contributed by atoms with van der Waals surface area (Å²) in [6.07, 6.45) is 1.43. The zero-order valence-corrected chi connectivity index (χ0v) is 9.36. The molecular formula is C12H10FNO3. The van der Waals surface area contributed by atoms with Crippen molar-refractivity contribution >= 4 is 16.9 Å². The Balaban J connectivity index is 2.81. The maximum absolute atomic E-state index is 14.1. The summed E-state index contributed by atoms with van der Waals surface area (Å²) in [5.41, 5.74) is 0.514. The molecule has 1 aromatic carbocycles. The van der Waals surface area contributed by atoms with Gasteiger partial charge in [0.15, 0.2) is 11.6 Å². The van der Waals surface area contributed by atoms with Crippen molar-refractivity contribution < 1.29 is 18.7 Å². The molecule has 1 aromatic heterocycles. The summed E-state index contributed by atoms with van der Waals surface area (Å²) in [4.78, 5) is 15.5. The highest BCUT2D eigenvalue weighted by atomic mass is 19.1. The molecule has 0 bridgehead atoms. The van der Waals surface area contributed by atoms with E-state index >= 15 is 0 Å². The summed E-state index contributed by atoms with van der Waals surface area (Å²) in [6.45, 7) is 0. The van der Waals surface area contributed by atoms with Crippen LogP contribution in [0.3, 0.4) is 0 Å². The monoisotopic (exact) mass is 235 g/mol. The zero-order valence-electron chi connectivity index (χ0n) is 9.36. The van der Waals surface area contributed by atoms with Crippen LogP contribution in [-0.2, 0) is 4.74 Å². The van der Waals surface area contributed by atoms with Crippen molar-refractivity contribution in [3.05, 3.63) is 35.8 Å². The average molecular weight is 235 g/mol. The Bertz CT molecular complexity index is 583. The number of carbonyl (C=O) groups is 1. The van der Waals surface area contributed by atoms with Crippen molar-refractivity contribution in [1.29, 1.82) is 0 Å². The van der Waals surface area contributed by atoms with Crippen molar-refractivity contribution in [3.63, 3.8) is 0 Å². The normalized spacial score (nSPS) is 10.3. The fourth-order valence-corrected chi connectivity index (χ4v) is 1.62. The minimum Gasteiger partial charge on any atom is -0.494 e. The Morgan fingerprint density at radius 3 is 2.71 bits per heavy atom. The van der Waals surface area contributed by atoms with Gasteiger partial charge in [0, 0.05) is 6.20 Å². The first-order valence-electron chi connectivity index (χ1n) is 4.88. The van der Waals surface area contributed by atoms with E-state index in [0.717, 1.165) is 0 Å². The lowest BCUT2D eigenvalue weighted by molar-refractivity contribution is 0.0602. The first-order valence-corrected chi connectivity index (χ1v) is 4.88. The SMILES string of the molecule is COC(=O)c1ccnc2ccc(OC)c(F)c12. The summed E-state index contributed by atoms with van der Waals surface area (Å²) < 4.78 is 23.5. The van der Waals surface area contributed by atoms with Gasteiger partial charge in [0.2, 0.25) is 0 Å². The highest BCUT2D eigenvalue weighted by molar-refractivity contribution is 6.03. The smallest absolute Gasteiger partial charge is 0.338 e. The molecule has 0 radical (unpaired) electrons. The first-order chi connectivity index (χ1) is 8.19. The molecule has 2 rings (SSSR count). The third-order valence-electron chi connectivity index (χ3n) is 2.43. The Morgan fingerprint density at radius 1 is 1.29 bits per heavy atom. The van der Waals surface area contributed by atoms with Crippen LogP contribution in [-0.4, -0.2) is 25.2 Å². The van der Waals surface area contributed by atoms with E-state index in [4.69, 9.17) is 4.74 Å². The molecule has 0 aliphatic rings. The molecule has 4 nitrogen and oxygen atoms in total. The molecule has 17 heavy (non-hydrogen) atoms. The van der Waals surface area contributed by atoms with E-state index < -0.39 is 11.8 Å². The summed E-state index contributed by atoms with van der Waals surface area (Å²) in [6, 6.07) is 4.46. The van der Waals surface area contributed by atoms with E-state index in [-0.39, 0.29) is 16.7 Å². The number of benzene rings is 1. The average Bonchev–Trinajstić information content (AvgIpc) is 2.37. The van der Waals surface area contributed by atoms with Crippen LogP contribution >= 0.6 is 0 Å². The number of hydrogen-bond donors (Lipinski definition) is 0. The van der Waals surface area contributed by atoms with E-state index in [0.29, 0.717) is 5.52 Å². The molecule has 0 amide bonds. The number of halogens is 1. The summed E-state index contributed by atoms with van der Waals surface area (Å²) in [7, 11) is 2.60. The Morgan fingerprint density at radius 2 is 2.06 bits per heavy atom. The molecule has 0 spiro atoms. The number of pyridine rings is 1. The van der Waals surface area contributed by atoms with Gasteiger partial charge in [0.25, 0.3) is 0 Å². The van der Waals surface area contributed by atoms with Gasteiger partial charge in [-0.05, 0) is 18.2 Å². The second-order valence-electron chi connectivity index (χ2n) is 3.33. The van der Waals surface area contributed by atoms with Gasteiger partial charge >= 0.3 is 5.97 Å². The lowest BCUT2D eigenvalue weighted by Crippen LogP contribution is -2.04. The van der Waals surface area contributed by atoms with Crippen molar-refractivity contribution in [3.8, 4) is 5.75 Å². The van der Waals surface area contributed by atoms with Gasteiger partial charge in [0.05, 0.1) is 30.7 Å². The molecule has 2 aromatic rings. The number of methoxy groups -OCH3 is 2. The van der Waals surface area contributed by atoms with Gasteiger partial charge in [0.1, 0.15) is 0 Å². The lowest BCUT2D eigenvalue weighted by Gasteiger charge is -2.08. The lowest BCUT2D eigenvalue weighted by atomic mass is 10.1. The van der Waals surface area contributed by atoms with Gasteiger partial charge in [-0.25, -0.2) is 9.18 Å². The van der Waals surface area contributed by atoms with Gasteiger partial charge in [-0.1, -0.05) is 0 Å². The molecule has 0 N–H and O–H groups in total. The summed E-state index contributed by atoms with van der Waals surface area (Å²) in [5, 5.41) is 0.110. The Labute approximate surface area is 97.0 Å². The Kier molecular flexibility index (Phi) is 2.91. The summed E-state index contributed by atoms with van der Waals surface area (Å²) in [5.74, 6) is -1.15. The molecule has 0 saturated heterocycles. The molecule has 0 fully saturated rings. The molecule has 5 heteroatoms. The highest BCUT2D eigenvalue weighted by Crippen LogP contribution is 2.27. The van der Waals surface area contributed by atoms with Crippen molar-refractivity contribution in [1.82, 2.24) is 4.98 Å². The minimum absolute atomic E-state index is 0.0654. The molecule has 0 atom stereocenters. The van der Waals surface area contributed by atoms with Crippen LogP contribution in [0.15, 0.2) is 24.4 Å². The largest absolute Gasteiger partial charge is 0.494 e. The topological polar surface area (TPSA) is 48.4 Å². The van der Waals surface area contributed by atoms with E-state index in [1.54, 1.807) is 6.07 Å². The summed E-state index contributed by atoms with van der Waals surface area (Å²) >= 11 is 0. The third-order valence-corrected chi connectivity index (χ3v) is 2.43. The second kappa shape index (κ2) is 4.37. The quantitative estimate of drug-likeness (QED) is 0.748. The number of carbonyl (C=O) groups excluding carboxylic acids is 1. The minimum atomic E-state index is -0.612. The molecular weight excluding hydrogens is 225 g/mol. The molecule has 0 aliphatic carbocycles. The van der Waals surface area contributed by atoms with Crippen molar-refractivity contribution in [2.24, 2.45) is 0 Å². The Hall–Kier alpha value is -2.17. The van der Waals surface area contributed by atoms with Crippen molar-refractivity contribution in [2.75, 3.05) is 14.2 Å². The molecule has 0 aliphatic heterocycles. The van der Waals surface area contributed by atoms with E-state index in [2.05, 4.69) is 9.72 Å². The number of hydrogen-bond acceptors (Lipinski definition) is 4. The standard InChI is InChI=1S/C12H10FNO3/c1-16-9-4-3-8-10(11(9)13)7(5-6-14-8)12(15)17-2/h3-6H,1-2H3. The van der Waals surface area contributed by atoms with Crippen LogP contribution in [0, 0.1) is 5.82 Å². The van der Waals surface area contributed by atoms with Crippen LogP contribution in [0.4, 0.5) is 4.39 Å². The number of aromatic nitrogens is 1. The van der Waals surface area contributed by atoms with Crippen LogP contribution in [0.2, 0.25) is 0 Å². The molecule has 0 saturated carbocycles. The van der Waals surface area contributed by atoms with Crippen LogP contribution in [0.5, 0.6) is 5.75 Å². The molecule has 88 valence electrons. The highest BCUT2D eigenvalue weighted by Gasteiger charge is 2.17.